The van der Waals surface area contributed by atoms with Gasteiger partial charge in [-0.25, -0.2) is 0 Å². The number of carbonyl (C=O) groups is 2. The third kappa shape index (κ3) is 1.86. The summed E-state index contributed by atoms with van der Waals surface area (Å²) in [6.45, 7) is 0. The summed E-state index contributed by atoms with van der Waals surface area (Å²) in [6.07, 6.45) is 0.841. The summed E-state index contributed by atoms with van der Waals surface area (Å²) < 4.78 is 1.04. The molecular formula is C17H12BrNO2. The topological polar surface area (TPSA) is 37.4 Å². The van der Waals surface area contributed by atoms with Crippen molar-refractivity contribution in [3.05, 3.63) is 69.7 Å². The molecular weight excluding hydrogens is 330 g/mol. The van der Waals surface area contributed by atoms with E-state index in [1.54, 1.807) is 24.3 Å². The quantitative estimate of drug-likeness (QED) is 0.782. The summed E-state index contributed by atoms with van der Waals surface area (Å²) >= 11 is 3.54. The second-order valence-electron chi connectivity index (χ2n) is 5.46. The lowest BCUT2D eigenvalue weighted by molar-refractivity contribution is 0.0639. The lowest BCUT2D eigenvalue weighted by Gasteiger charge is -2.14. The SMILES string of the molecule is O=C1c2ccccc2C(=O)N1[C@@H]1C[C@@H]1c1ccccc1Br. The predicted molar refractivity (Wildman–Crippen MR) is 82.2 cm³/mol. The Morgan fingerprint density at radius 3 is 2.10 bits per heavy atom. The molecule has 1 fully saturated rings. The van der Waals surface area contributed by atoms with Crippen LogP contribution in [0.5, 0.6) is 0 Å². The average molecular weight is 342 g/mol. The zero-order chi connectivity index (χ0) is 14.6. The third-order valence-electron chi connectivity index (χ3n) is 4.22. The first-order valence-corrected chi connectivity index (χ1v) is 7.69. The van der Waals surface area contributed by atoms with Crippen LogP contribution in [0.25, 0.3) is 0 Å². The molecule has 1 heterocycles. The molecule has 0 aromatic heterocycles. The number of carbonyl (C=O) groups excluding carboxylic acids is 2. The van der Waals surface area contributed by atoms with Crippen LogP contribution in [0.1, 0.15) is 38.6 Å². The molecule has 21 heavy (non-hydrogen) atoms. The highest BCUT2D eigenvalue weighted by molar-refractivity contribution is 9.10. The summed E-state index contributed by atoms with van der Waals surface area (Å²) in [5, 5.41) is 0. The van der Waals surface area contributed by atoms with Crippen molar-refractivity contribution in [2.24, 2.45) is 0 Å². The minimum atomic E-state index is -0.157. The van der Waals surface area contributed by atoms with Gasteiger partial charge in [0.25, 0.3) is 11.8 Å². The van der Waals surface area contributed by atoms with E-state index in [9.17, 15) is 9.59 Å². The molecule has 1 aliphatic heterocycles. The zero-order valence-electron chi connectivity index (χ0n) is 11.1. The van der Waals surface area contributed by atoms with Crippen LogP contribution in [0.2, 0.25) is 0 Å². The van der Waals surface area contributed by atoms with Crippen molar-refractivity contribution in [2.45, 2.75) is 18.4 Å². The smallest absolute Gasteiger partial charge is 0.261 e. The van der Waals surface area contributed by atoms with Gasteiger partial charge in [-0.05, 0) is 30.2 Å². The molecule has 104 valence electrons. The number of amides is 2. The Kier molecular flexibility index (Phi) is 2.76. The van der Waals surface area contributed by atoms with Gasteiger partial charge in [0.1, 0.15) is 0 Å². The van der Waals surface area contributed by atoms with E-state index in [1.807, 2.05) is 24.3 Å². The number of imide groups is 1. The number of hydrogen-bond donors (Lipinski definition) is 0. The second kappa shape index (κ2) is 4.53. The minimum absolute atomic E-state index is 0.0175. The molecule has 4 rings (SSSR count). The molecule has 2 aliphatic rings. The molecule has 2 aromatic carbocycles. The maximum atomic E-state index is 12.4. The fourth-order valence-electron chi connectivity index (χ4n) is 3.09. The zero-order valence-corrected chi connectivity index (χ0v) is 12.7. The van der Waals surface area contributed by atoms with Crippen molar-refractivity contribution >= 4 is 27.7 Å². The summed E-state index contributed by atoms with van der Waals surface area (Å²) in [4.78, 5) is 26.3. The molecule has 2 amide bonds. The van der Waals surface area contributed by atoms with E-state index in [0.717, 1.165) is 10.9 Å². The van der Waals surface area contributed by atoms with Crippen LogP contribution in [-0.2, 0) is 0 Å². The van der Waals surface area contributed by atoms with Gasteiger partial charge in [0, 0.05) is 16.4 Å². The van der Waals surface area contributed by atoms with Crippen molar-refractivity contribution in [2.75, 3.05) is 0 Å². The highest BCUT2D eigenvalue weighted by Gasteiger charge is 2.51. The van der Waals surface area contributed by atoms with Crippen LogP contribution in [0, 0.1) is 0 Å². The van der Waals surface area contributed by atoms with Gasteiger partial charge in [-0.3, -0.25) is 14.5 Å². The number of fused-ring (bicyclic) bond motifs is 1. The Balaban J connectivity index is 1.65. The van der Waals surface area contributed by atoms with E-state index < -0.39 is 0 Å². The lowest BCUT2D eigenvalue weighted by atomic mass is 10.1. The largest absolute Gasteiger partial charge is 0.271 e. The van der Waals surface area contributed by atoms with Gasteiger partial charge in [-0.1, -0.05) is 46.3 Å². The Morgan fingerprint density at radius 1 is 0.905 bits per heavy atom. The van der Waals surface area contributed by atoms with Gasteiger partial charge < -0.3 is 0 Å². The Bertz CT molecular complexity index is 736. The molecule has 3 nitrogen and oxygen atoms in total. The minimum Gasteiger partial charge on any atom is -0.271 e. The average Bonchev–Trinajstić information content (AvgIpc) is 3.23. The van der Waals surface area contributed by atoms with Gasteiger partial charge in [0.15, 0.2) is 0 Å². The summed E-state index contributed by atoms with van der Waals surface area (Å²) in [5.41, 5.74) is 2.22. The molecule has 1 saturated carbocycles. The van der Waals surface area contributed by atoms with E-state index >= 15 is 0 Å². The maximum absolute atomic E-state index is 12.4. The molecule has 0 saturated heterocycles. The predicted octanol–water partition coefficient (Wildman–Crippen LogP) is 3.60. The lowest BCUT2D eigenvalue weighted by Crippen LogP contribution is -2.32. The molecule has 0 bridgehead atoms. The monoisotopic (exact) mass is 341 g/mol. The van der Waals surface area contributed by atoms with E-state index in [0.29, 0.717) is 11.1 Å². The van der Waals surface area contributed by atoms with E-state index in [4.69, 9.17) is 0 Å². The van der Waals surface area contributed by atoms with Crippen LogP contribution in [0.3, 0.4) is 0 Å². The van der Waals surface area contributed by atoms with Gasteiger partial charge in [-0.15, -0.1) is 0 Å². The van der Waals surface area contributed by atoms with E-state index in [1.165, 1.54) is 10.5 Å². The number of benzene rings is 2. The van der Waals surface area contributed by atoms with Gasteiger partial charge in [0.05, 0.1) is 11.1 Å². The molecule has 1 aliphatic carbocycles. The van der Waals surface area contributed by atoms with Crippen LogP contribution in [0.4, 0.5) is 0 Å². The van der Waals surface area contributed by atoms with Crippen molar-refractivity contribution < 1.29 is 9.59 Å². The van der Waals surface area contributed by atoms with Gasteiger partial charge >= 0.3 is 0 Å². The van der Waals surface area contributed by atoms with Crippen molar-refractivity contribution in [1.82, 2.24) is 4.90 Å². The third-order valence-corrected chi connectivity index (χ3v) is 4.94. The molecule has 0 unspecified atom stereocenters. The number of halogens is 1. The molecule has 4 heteroatoms. The number of rotatable bonds is 2. The normalized spacial score (nSPS) is 23.4. The van der Waals surface area contributed by atoms with E-state index in [-0.39, 0.29) is 23.8 Å². The highest BCUT2D eigenvalue weighted by Crippen LogP contribution is 2.49. The Morgan fingerprint density at radius 2 is 1.48 bits per heavy atom. The molecule has 2 atom stereocenters. The standard InChI is InChI=1S/C17H12BrNO2/c18-14-8-4-3-5-10(14)13-9-15(13)19-16(20)11-6-1-2-7-12(11)17(19)21/h1-8,13,15H,9H2/t13-,15-/m1/s1. The summed E-state index contributed by atoms with van der Waals surface area (Å²) in [7, 11) is 0. The van der Waals surface area contributed by atoms with Crippen molar-refractivity contribution in [3.63, 3.8) is 0 Å². The Labute approximate surface area is 130 Å². The van der Waals surface area contributed by atoms with Crippen molar-refractivity contribution in [1.29, 1.82) is 0 Å². The van der Waals surface area contributed by atoms with E-state index in [2.05, 4.69) is 15.9 Å². The maximum Gasteiger partial charge on any atom is 0.261 e. The first-order valence-electron chi connectivity index (χ1n) is 6.90. The number of nitrogens with zero attached hydrogens (tertiary/aromatic N) is 1. The van der Waals surface area contributed by atoms with Crippen LogP contribution >= 0.6 is 15.9 Å². The first kappa shape index (κ1) is 12.8. The first-order chi connectivity index (χ1) is 10.2. The molecule has 2 aromatic rings. The Hall–Kier alpha value is -1.94. The molecule has 0 N–H and O–H groups in total. The van der Waals surface area contributed by atoms with Crippen molar-refractivity contribution in [3.8, 4) is 0 Å². The van der Waals surface area contributed by atoms with Crippen LogP contribution < -0.4 is 0 Å². The van der Waals surface area contributed by atoms with Crippen LogP contribution in [0.15, 0.2) is 53.0 Å². The van der Waals surface area contributed by atoms with Gasteiger partial charge in [0.2, 0.25) is 0 Å². The van der Waals surface area contributed by atoms with Crippen LogP contribution in [-0.4, -0.2) is 22.8 Å². The summed E-state index contributed by atoms with van der Waals surface area (Å²) in [5.74, 6) is -0.0758. The fraction of sp³-hybridized carbons (Fsp3) is 0.176. The second-order valence-corrected chi connectivity index (χ2v) is 6.31. The fourth-order valence-corrected chi connectivity index (χ4v) is 3.66. The molecule has 0 radical (unpaired) electrons. The highest BCUT2D eigenvalue weighted by atomic mass is 79.9. The molecule has 0 spiro atoms. The summed E-state index contributed by atoms with van der Waals surface area (Å²) in [6, 6.07) is 15.0. The number of hydrogen-bond acceptors (Lipinski definition) is 2. The van der Waals surface area contributed by atoms with Gasteiger partial charge in [-0.2, -0.15) is 0 Å².